The van der Waals surface area contributed by atoms with Gasteiger partial charge >= 0.3 is 5.97 Å². The number of fused-ring (bicyclic) bond motifs is 1. The summed E-state index contributed by atoms with van der Waals surface area (Å²) in [7, 11) is 0. The average Bonchev–Trinajstić information content (AvgIpc) is 2.73. The molecule has 150 valence electrons. The number of ether oxygens (including phenoxy) is 3. The Hall–Kier alpha value is -3.44. The number of hydrogen-bond acceptors (Lipinski definition) is 7. The van der Waals surface area contributed by atoms with Crippen molar-refractivity contribution in [2.45, 2.75) is 6.42 Å². The maximum atomic E-state index is 12.7. The molecule has 0 fully saturated rings. The van der Waals surface area contributed by atoms with Crippen LogP contribution < -0.4 is 14.4 Å². The van der Waals surface area contributed by atoms with Crippen LogP contribution in [0.2, 0.25) is 5.02 Å². The largest absolute Gasteiger partial charge is 0.507 e. The minimum absolute atomic E-state index is 0.0865. The summed E-state index contributed by atoms with van der Waals surface area (Å²) in [5, 5.41) is 18.9. The van der Waals surface area contributed by atoms with Gasteiger partial charge in [0.15, 0.2) is 18.1 Å². The van der Waals surface area contributed by atoms with E-state index in [4.69, 9.17) is 31.1 Å². The molecule has 0 saturated heterocycles. The lowest BCUT2D eigenvalue weighted by Gasteiger charge is -2.24. The number of carbonyl (C=O) groups is 2. The fourth-order valence-corrected chi connectivity index (χ4v) is 2.89. The van der Waals surface area contributed by atoms with Crippen LogP contribution in [0.4, 0.5) is 5.69 Å². The second-order valence-corrected chi connectivity index (χ2v) is 6.46. The van der Waals surface area contributed by atoms with Gasteiger partial charge < -0.3 is 24.2 Å². The summed E-state index contributed by atoms with van der Waals surface area (Å²) < 4.78 is 16.0. The Bertz CT molecular complexity index is 972. The number of esters is 1. The molecule has 2 aromatic carbocycles. The Balaban J connectivity index is 1.73. The van der Waals surface area contributed by atoms with Crippen LogP contribution in [0.5, 0.6) is 17.2 Å². The molecule has 1 N–H and O–H groups in total. The summed E-state index contributed by atoms with van der Waals surface area (Å²) in [4.78, 5) is 26.2. The fourth-order valence-electron chi connectivity index (χ4n) is 2.71. The SMILES string of the molecule is N#CCCN(C(=O)COC(=O)c1cc(Cl)ccc1O)c1ccc2c(c1)OCCO2. The standard InChI is InChI=1S/C20H17ClN2O6/c21-13-2-4-16(24)15(10-13)20(26)29-12-19(25)23(7-1-6-22)14-3-5-17-18(11-14)28-9-8-27-17/h2-5,10-11,24H,1,7-9,12H2. The molecule has 0 bridgehead atoms. The van der Waals surface area contributed by atoms with Gasteiger partial charge in [0.05, 0.1) is 12.5 Å². The first kappa shape index (κ1) is 20.3. The number of carbonyl (C=O) groups excluding carboxylic acids is 2. The van der Waals surface area contributed by atoms with Gasteiger partial charge in [0, 0.05) is 23.3 Å². The molecule has 1 aliphatic heterocycles. The molecule has 1 amide bonds. The molecule has 1 aliphatic rings. The molecule has 0 radical (unpaired) electrons. The van der Waals surface area contributed by atoms with Crippen LogP contribution in [0.15, 0.2) is 36.4 Å². The minimum Gasteiger partial charge on any atom is -0.507 e. The molecule has 9 heteroatoms. The third kappa shape index (κ3) is 4.89. The lowest BCUT2D eigenvalue weighted by Crippen LogP contribution is -2.35. The zero-order valence-corrected chi connectivity index (χ0v) is 16.0. The van der Waals surface area contributed by atoms with E-state index in [1.165, 1.54) is 23.1 Å². The van der Waals surface area contributed by atoms with Gasteiger partial charge in [-0.05, 0) is 30.3 Å². The third-order valence-corrected chi connectivity index (χ3v) is 4.33. The Kier molecular flexibility index (Phi) is 6.42. The Labute approximate surface area is 171 Å². The maximum absolute atomic E-state index is 12.7. The highest BCUT2D eigenvalue weighted by Gasteiger charge is 2.22. The highest BCUT2D eigenvalue weighted by Crippen LogP contribution is 2.34. The smallest absolute Gasteiger partial charge is 0.342 e. The molecule has 8 nitrogen and oxygen atoms in total. The molecule has 0 unspecified atom stereocenters. The summed E-state index contributed by atoms with van der Waals surface area (Å²) in [5.74, 6) is -0.674. The number of hydrogen-bond donors (Lipinski definition) is 1. The molecular formula is C20H17ClN2O6. The number of phenolic OH excluding ortho intramolecular Hbond substituents is 1. The zero-order valence-electron chi connectivity index (χ0n) is 15.3. The fraction of sp³-hybridized carbons (Fsp3) is 0.250. The molecule has 0 atom stereocenters. The van der Waals surface area contributed by atoms with E-state index in [9.17, 15) is 14.7 Å². The number of amides is 1. The molecule has 2 aromatic rings. The second kappa shape index (κ2) is 9.17. The lowest BCUT2D eigenvalue weighted by molar-refractivity contribution is -0.121. The third-order valence-electron chi connectivity index (χ3n) is 4.09. The van der Waals surface area contributed by atoms with Crippen molar-refractivity contribution in [3.05, 3.63) is 47.0 Å². The van der Waals surface area contributed by atoms with E-state index in [0.29, 0.717) is 30.4 Å². The lowest BCUT2D eigenvalue weighted by atomic mass is 10.2. The number of phenols is 1. The maximum Gasteiger partial charge on any atom is 0.342 e. The number of nitriles is 1. The summed E-state index contributed by atoms with van der Waals surface area (Å²) >= 11 is 5.82. The second-order valence-electron chi connectivity index (χ2n) is 6.02. The number of nitrogens with zero attached hydrogens (tertiary/aromatic N) is 2. The Morgan fingerprint density at radius 3 is 2.69 bits per heavy atom. The molecule has 0 aliphatic carbocycles. The molecule has 0 aromatic heterocycles. The van der Waals surface area contributed by atoms with Crippen molar-refractivity contribution in [1.29, 1.82) is 5.26 Å². The predicted molar refractivity (Wildman–Crippen MR) is 103 cm³/mol. The van der Waals surface area contributed by atoms with Crippen molar-refractivity contribution < 1.29 is 28.9 Å². The number of rotatable bonds is 6. The van der Waals surface area contributed by atoms with Crippen LogP contribution >= 0.6 is 11.6 Å². The van der Waals surface area contributed by atoms with Gasteiger partial charge in [0.25, 0.3) is 5.91 Å². The first-order valence-corrected chi connectivity index (χ1v) is 9.10. The summed E-state index contributed by atoms with van der Waals surface area (Å²) in [6.45, 7) is 0.360. The zero-order chi connectivity index (χ0) is 20.8. The summed E-state index contributed by atoms with van der Waals surface area (Å²) in [6, 6.07) is 10.9. The van der Waals surface area contributed by atoms with Crippen molar-refractivity contribution in [1.82, 2.24) is 0 Å². The van der Waals surface area contributed by atoms with Crippen molar-refractivity contribution in [2.75, 3.05) is 31.3 Å². The van der Waals surface area contributed by atoms with Crippen LogP contribution in [-0.2, 0) is 9.53 Å². The van der Waals surface area contributed by atoms with Gasteiger partial charge in [0.1, 0.15) is 24.5 Å². The summed E-state index contributed by atoms with van der Waals surface area (Å²) in [6.07, 6.45) is 0.0865. The molecule has 0 saturated carbocycles. The van der Waals surface area contributed by atoms with Gasteiger partial charge in [-0.1, -0.05) is 11.6 Å². The van der Waals surface area contributed by atoms with E-state index < -0.39 is 18.5 Å². The topological polar surface area (TPSA) is 109 Å². The minimum atomic E-state index is -0.888. The number of aromatic hydroxyl groups is 1. The Morgan fingerprint density at radius 2 is 1.93 bits per heavy atom. The van der Waals surface area contributed by atoms with Gasteiger partial charge in [-0.25, -0.2) is 4.79 Å². The van der Waals surface area contributed by atoms with E-state index in [0.717, 1.165) is 0 Å². The van der Waals surface area contributed by atoms with E-state index in [1.807, 2.05) is 6.07 Å². The van der Waals surface area contributed by atoms with E-state index in [-0.39, 0.29) is 29.3 Å². The van der Waals surface area contributed by atoms with Crippen molar-refractivity contribution in [3.63, 3.8) is 0 Å². The normalized spacial score (nSPS) is 12.0. The van der Waals surface area contributed by atoms with E-state index >= 15 is 0 Å². The average molecular weight is 417 g/mol. The highest BCUT2D eigenvalue weighted by atomic mass is 35.5. The summed E-state index contributed by atoms with van der Waals surface area (Å²) in [5.41, 5.74) is 0.337. The molecule has 3 rings (SSSR count). The number of halogens is 1. The van der Waals surface area contributed by atoms with E-state index in [1.54, 1.807) is 18.2 Å². The van der Waals surface area contributed by atoms with Crippen molar-refractivity contribution >= 4 is 29.2 Å². The molecule has 29 heavy (non-hydrogen) atoms. The van der Waals surface area contributed by atoms with E-state index in [2.05, 4.69) is 0 Å². The molecule has 0 spiro atoms. The first-order chi connectivity index (χ1) is 14.0. The van der Waals surface area contributed by atoms with Crippen LogP contribution in [0.3, 0.4) is 0 Å². The van der Waals surface area contributed by atoms with Crippen LogP contribution in [0, 0.1) is 11.3 Å². The highest BCUT2D eigenvalue weighted by molar-refractivity contribution is 6.31. The van der Waals surface area contributed by atoms with Crippen LogP contribution in [-0.4, -0.2) is 43.3 Å². The first-order valence-electron chi connectivity index (χ1n) is 8.72. The van der Waals surface area contributed by atoms with Crippen molar-refractivity contribution in [3.8, 4) is 23.3 Å². The van der Waals surface area contributed by atoms with Crippen LogP contribution in [0.25, 0.3) is 0 Å². The quantitative estimate of drug-likeness (QED) is 0.721. The van der Waals surface area contributed by atoms with Gasteiger partial charge in [0.2, 0.25) is 0 Å². The number of anilines is 1. The monoisotopic (exact) mass is 416 g/mol. The van der Waals surface area contributed by atoms with Crippen molar-refractivity contribution in [2.24, 2.45) is 0 Å². The predicted octanol–water partition coefficient (Wildman–Crippen LogP) is 2.92. The van der Waals surface area contributed by atoms with Gasteiger partial charge in [-0.3, -0.25) is 4.79 Å². The number of benzene rings is 2. The van der Waals surface area contributed by atoms with Crippen LogP contribution in [0.1, 0.15) is 16.8 Å². The molecular weight excluding hydrogens is 400 g/mol. The van der Waals surface area contributed by atoms with Gasteiger partial charge in [-0.2, -0.15) is 5.26 Å². The molecule has 1 heterocycles. The Morgan fingerprint density at radius 1 is 1.17 bits per heavy atom. The van der Waals surface area contributed by atoms with Gasteiger partial charge in [-0.15, -0.1) is 0 Å².